The Hall–Kier alpha value is -1.14. The molecular formula is C17H27NO4. The van der Waals surface area contributed by atoms with Crippen molar-refractivity contribution in [2.75, 3.05) is 47.1 Å². The van der Waals surface area contributed by atoms with Crippen LogP contribution < -0.4 is 4.74 Å². The van der Waals surface area contributed by atoms with Crippen molar-refractivity contribution in [2.45, 2.75) is 26.0 Å². The second-order valence-electron chi connectivity index (χ2n) is 5.84. The number of benzene rings is 1. The molecule has 5 nitrogen and oxygen atoms in total. The monoisotopic (exact) mass is 309 g/mol. The van der Waals surface area contributed by atoms with Crippen LogP contribution in [0.1, 0.15) is 22.8 Å². The molecule has 1 aromatic rings. The Labute approximate surface area is 132 Å². The van der Waals surface area contributed by atoms with E-state index in [0.29, 0.717) is 19.8 Å². The Morgan fingerprint density at radius 3 is 2.41 bits per heavy atom. The van der Waals surface area contributed by atoms with Crippen molar-refractivity contribution in [3.05, 3.63) is 28.8 Å². The van der Waals surface area contributed by atoms with Crippen LogP contribution in [0.25, 0.3) is 0 Å². The maximum atomic E-state index is 10.9. The van der Waals surface area contributed by atoms with Crippen LogP contribution in [0, 0.1) is 13.8 Å². The van der Waals surface area contributed by atoms with E-state index in [-0.39, 0.29) is 6.04 Å². The molecule has 0 radical (unpaired) electrons. The lowest BCUT2D eigenvalue weighted by molar-refractivity contribution is -0.0149. The predicted octanol–water partition coefficient (Wildman–Crippen LogP) is 1.69. The molecule has 0 aliphatic carbocycles. The number of aliphatic hydroxyl groups excluding tert-OH is 1. The molecule has 2 rings (SSSR count). The van der Waals surface area contributed by atoms with Crippen molar-refractivity contribution in [1.29, 1.82) is 0 Å². The molecule has 0 bridgehead atoms. The van der Waals surface area contributed by atoms with Crippen molar-refractivity contribution < 1.29 is 19.3 Å². The van der Waals surface area contributed by atoms with Crippen LogP contribution in [0.3, 0.4) is 0 Å². The topological polar surface area (TPSA) is 51.2 Å². The second kappa shape index (κ2) is 7.92. The maximum Gasteiger partial charge on any atom is 0.125 e. The first-order valence-electron chi connectivity index (χ1n) is 7.72. The Bertz CT molecular complexity index is 484. The number of aryl methyl sites for hydroxylation is 2. The molecule has 2 unspecified atom stereocenters. The van der Waals surface area contributed by atoms with E-state index in [2.05, 4.69) is 11.0 Å². The smallest absolute Gasteiger partial charge is 0.125 e. The summed E-state index contributed by atoms with van der Waals surface area (Å²) in [5.74, 6) is 0.805. The molecule has 22 heavy (non-hydrogen) atoms. The van der Waals surface area contributed by atoms with Crippen LogP contribution in [-0.4, -0.2) is 63.2 Å². The van der Waals surface area contributed by atoms with Crippen molar-refractivity contribution in [3.63, 3.8) is 0 Å². The molecule has 0 amide bonds. The van der Waals surface area contributed by atoms with Gasteiger partial charge in [-0.3, -0.25) is 4.90 Å². The number of rotatable bonds is 7. The third-order valence-electron chi connectivity index (χ3n) is 4.20. The van der Waals surface area contributed by atoms with Crippen LogP contribution in [-0.2, 0) is 9.47 Å². The van der Waals surface area contributed by atoms with E-state index in [9.17, 15) is 5.11 Å². The van der Waals surface area contributed by atoms with Crippen molar-refractivity contribution >= 4 is 0 Å². The van der Waals surface area contributed by atoms with Gasteiger partial charge in [-0.05, 0) is 31.0 Å². The highest BCUT2D eigenvalue weighted by atomic mass is 16.5. The van der Waals surface area contributed by atoms with Crippen molar-refractivity contribution in [1.82, 2.24) is 4.90 Å². The van der Waals surface area contributed by atoms with E-state index in [0.717, 1.165) is 35.5 Å². The normalized spacial score (nSPS) is 20.8. The predicted molar refractivity (Wildman–Crippen MR) is 85.5 cm³/mol. The van der Waals surface area contributed by atoms with Crippen LogP contribution in [0.5, 0.6) is 5.75 Å². The largest absolute Gasteiger partial charge is 0.491 e. The van der Waals surface area contributed by atoms with Gasteiger partial charge in [0.15, 0.2) is 0 Å². The molecule has 2 atom stereocenters. The van der Waals surface area contributed by atoms with E-state index in [1.807, 2.05) is 19.9 Å². The fourth-order valence-electron chi connectivity index (χ4n) is 3.06. The molecule has 0 saturated heterocycles. The van der Waals surface area contributed by atoms with E-state index < -0.39 is 6.10 Å². The average Bonchev–Trinajstić information content (AvgIpc) is 2.48. The van der Waals surface area contributed by atoms with Crippen LogP contribution >= 0.6 is 0 Å². The van der Waals surface area contributed by atoms with Crippen molar-refractivity contribution in [2.24, 2.45) is 0 Å². The molecule has 1 aromatic carbocycles. The van der Waals surface area contributed by atoms with Crippen LogP contribution in [0.4, 0.5) is 0 Å². The number of fused-ring (bicyclic) bond motifs is 1. The molecule has 0 fully saturated rings. The van der Waals surface area contributed by atoms with Gasteiger partial charge in [0.05, 0.1) is 19.3 Å². The number of methoxy groups -OCH3 is 2. The minimum Gasteiger partial charge on any atom is -0.491 e. The number of aliphatic hydroxyl groups is 1. The molecule has 0 saturated carbocycles. The van der Waals surface area contributed by atoms with E-state index in [1.54, 1.807) is 14.2 Å². The lowest BCUT2D eigenvalue weighted by Gasteiger charge is -2.39. The Kier molecular flexibility index (Phi) is 6.20. The number of nitrogens with zero attached hydrogens (tertiary/aromatic N) is 1. The van der Waals surface area contributed by atoms with Gasteiger partial charge in [-0.2, -0.15) is 0 Å². The van der Waals surface area contributed by atoms with Crippen LogP contribution in [0.2, 0.25) is 0 Å². The van der Waals surface area contributed by atoms with Crippen LogP contribution in [0.15, 0.2) is 12.1 Å². The quantitative estimate of drug-likeness (QED) is 0.831. The molecule has 5 heteroatoms. The molecule has 124 valence electrons. The van der Waals surface area contributed by atoms with E-state index >= 15 is 0 Å². The zero-order chi connectivity index (χ0) is 16.1. The van der Waals surface area contributed by atoms with Crippen molar-refractivity contribution in [3.8, 4) is 5.75 Å². The first-order chi connectivity index (χ1) is 10.6. The standard InChI is InChI=1S/C17H27NO4/c1-12-9-13(2)16-15(10-12)22-11-14(17(16)19)18(5-7-20-3)6-8-21-4/h9-10,14,17,19H,5-8,11H2,1-4H3. The lowest BCUT2D eigenvalue weighted by atomic mass is 9.92. The number of hydrogen-bond acceptors (Lipinski definition) is 5. The summed E-state index contributed by atoms with van der Waals surface area (Å²) in [6.07, 6.45) is -0.557. The van der Waals surface area contributed by atoms with Gasteiger partial charge in [-0.15, -0.1) is 0 Å². The van der Waals surface area contributed by atoms with Gasteiger partial charge in [0, 0.05) is 32.9 Å². The second-order valence-corrected chi connectivity index (χ2v) is 5.84. The third-order valence-corrected chi connectivity index (χ3v) is 4.20. The molecule has 1 heterocycles. The summed E-state index contributed by atoms with van der Waals surface area (Å²) in [6.45, 7) is 7.26. The zero-order valence-electron chi connectivity index (χ0n) is 14.0. The zero-order valence-corrected chi connectivity index (χ0v) is 14.0. The SMILES string of the molecule is COCCN(CCOC)C1COc2cc(C)cc(C)c2C1O. The summed E-state index contributed by atoms with van der Waals surface area (Å²) >= 11 is 0. The lowest BCUT2D eigenvalue weighted by Crippen LogP contribution is -2.48. The minimum atomic E-state index is -0.557. The van der Waals surface area contributed by atoms with E-state index in [4.69, 9.17) is 14.2 Å². The summed E-state index contributed by atoms with van der Waals surface area (Å²) in [7, 11) is 3.37. The Morgan fingerprint density at radius 1 is 1.18 bits per heavy atom. The van der Waals surface area contributed by atoms with Gasteiger partial charge in [-0.1, -0.05) is 6.07 Å². The fraction of sp³-hybridized carbons (Fsp3) is 0.647. The van der Waals surface area contributed by atoms with Gasteiger partial charge < -0.3 is 19.3 Å². The molecular weight excluding hydrogens is 282 g/mol. The summed E-state index contributed by atoms with van der Waals surface area (Å²) in [6, 6.07) is 4.00. The summed E-state index contributed by atoms with van der Waals surface area (Å²) in [5.41, 5.74) is 3.13. The van der Waals surface area contributed by atoms with Gasteiger partial charge >= 0.3 is 0 Å². The Morgan fingerprint density at radius 2 is 1.82 bits per heavy atom. The highest BCUT2D eigenvalue weighted by Crippen LogP contribution is 2.37. The first-order valence-corrected chi connectivity index (χ1v) is 7.72. The molecule has 1 aliphatic heterocycles. The summed E-state index contributed by atoms with van der Waals surface area (Å²) in [4.78, 5) is 2.18. The average molecular weight is 309 g/mol. The molecule has 1 N–H and O–H groups in total. The summed E-state index contributed by atoms with van der Waals surface area (Å²) in [5, 5.41) is 10.9. The van der Waals surface area contributed by atoms with Gasteiger partial charge in [0.1, 0.15) is 18.5 Å². The highest BCUT2D eigenvalue weighted by Gasteiger charge is 2.34. The third kappa shape index (κ3) is 3.79. The highest BCUT2D eigenvalue weighted by molar-refractivity contribution is 5.46. The Balaban J connectivity index is 2.20. The van der Waals surface area contributed by atoms with Gasteiger partial charge in [0.2, 0.25) is 0 Å². The fourth-order valence-corrected chi connectivity index (χ4v) is 3.06. The number of ether oxygens (including phenoxy) is 3. The minimum absolute atomic E-state index is 0.0841. The van der Waals surface area contributed by atoms with Gasteiger partial charge in [-0.25, -0.2) is 0 Å². The first kappa shape index (κ1) is 17.2. The molecule has 1 aliphatic rings. The maximum absolute atomic E-state index is 10.9. The molecule has 0 aromatic heterocycles. The van der Waals surface area contributed by atoms with Gasteiger partial charge in [0.25, 0.3) is 0 Å². The summed E-state index contributed by atoms with van der Waals surface area (Å²) < 4.78 is 16.3. The van der Waals surface area contributed by atoms with E-state index in [1.165, 1.54) is 0 Å². The molecule has 0 spiro atoms. The number of hydrogen-bond donors (Lipinski definition) is 1.